The van der Waals surface area contributed by atoms with Crippen LogP contribution in [0.25, 0.3) is 0 Å². The second-order valence-electron chi connectivity index (χ2n) is 3.10. The Hall–Kier alpha value is -2.04. The molecule has 0 aliphatic carbocycles. The van der Waals surface area contributed by atoms with E-state index in [0.29, 0.717) is 5.75 Å². The first-order chi connectivity index (χ1) is 7.27. The molecule has 0 radical (unpaired) electrons. The number of nitrogens with zero attached hydrogens (tertiary/aromatic N) is 1. The number of nitrogens with two attached hydrogens (primary N) is 1. The minimum atomic E-state index is -0.799. The number of carbonyl (C=O) groups is 1. The lowest BCUT2D eigenvalue weighted by atomic mass is 10.1. The van der Waals surface area contributed by atoms with Crippen molar-refractivity contribution in [1.82, 2.24) is 0 Å². The van der Waals surface area contributed by atoms with Gasteiger partial charge in [-0.25, -0.2) is 4.79 Å². The molecule has 0 saturated heterocycles. The van der Waals surface area contributed by atoms with Crippen LogP contribution in [0, 0.1) is 0 Å². The number of fused-ring (bicyclic) bond motifs is 1. The smallest absolute Gasteiger partial charge is 0.404 e. The van der Waals surface area contributed by atoms with Crippen molar-refractivity contribution < 1.29 is 14.4 Å². The molecule has 1 aliphatic rings. The molecule has 0 fully saturated rings. The first kappa shape index (κ1) is 9.51. The lowest BCUT2D eigenvalue weighted by molar-refractivity contribution is 0.148. The third-order valence-corrected chi connectivity index (χ3v) is 2.08. The van der Waals surface area contributed by atoms with Crippen molar-refractivity contribution in [3.05, 3.63) is 29.3 Å². The molecule has 0 unspecified atom stereocenters. The third-order valence-electron chi connectivity index (χ3n) is 2.08. The van der Waals surface area contributed by atoms with Crippen LogP contribution in [0.2, 0.25) is 0 Å². The summed E-state index contributed by atoms with van der Waals surface area (Å²) in [6.07, 6.45) is 1.60. The number of primary amides is 1. The molecule has 1 aliphatic heterocycles. The molecule has 0 saturated carbocycles. The Bertz CT molecular complexity index is 415. The van der Waals surface area contributed by atoms with E-state index < -0.39 is 6.09 Å². The number of rotatable bonds is 2. The highest BCUT2D eigenvalue weighted by atomic mass is 16.6. The summed E-state index contributed by atoms with van der Waals surface area (Å²) in [5.74, 6) is 0.654. The summed E-state index contributed by atoms with van der Waals surface area (Å²) in [6.45, 7) is 0.105. The molecule has 1 heterocycles. The van der Waals surface area contributed by atoms with Gasteiger partial charge in [-0.15, -0.1) is 0 Å². The van der Waals surface area contributed by atoms with E-state index in [-0.39, 0.29) is 6.61 Å². The minimum Gasteiger partial charge on any atom is -0.445 e. The van der Waals surface area contributed by atoms with Gasteiger partial charge in [0.05, 0.1) is 0 Å². The fraction of sp³-hybridized carbons (Fsp3) is 0.200. The van der Waals surface area contributed by atoms with Gasteiger partial charge in [-0.2, -0.15) is 0 Å². The van der Waals surface area contributed by atoms with E-state index in [1.165, 1.54) is 0 Å². The summed E-state index contributed by atoms with van der Waals surface area (Å²) in [5.41, 5.74) is 6.68. The van der Waals surface area contributed by atoms with E-state index >= 15 is 0 Å². The van der Waals surface area contributed by atoms with Gasteiger partial charge in [0, 0.05) is 23.8 Å². The predicted molar refractivity (Wildman–Crippen MR) is 53.6 cm³/mol. The molecule has 0 aromatic heterocycles. The quantitative estimate of drug-likeness (QED) is 0.790. The average Bonchev–Trinajstić information content (AvgIpc) is 2.26. The van der Waals surface area contributed by atoms with Gasteiger partial charge in [0.2, 0.25) is 0 Å². The number of carbonyl (C=O) groups excluding carboxylic acids is 1. The molecule has 1 amide bonds. The van der Waals surface area contributed by atoms with E-state index in [1.807, 2.05) is 18.2 Å². The average molecular weight is 206 g/mol. The van der Waals surface area contributed by atoms with E-state index in [1.54, 1.807) is 6.21 Å². The van der Waals surface area contributed by atoms with Crippen molar-refractivity contribution in [1.29, 1.82) is 0 Å². The minimum absolute atomic E-state index is 0.105. The van der Waals surface area contributed by atoms with Crippen LogP contribution >= 0.6 is 0 Å². The lowest BCUT2D eigenvalue weighted by Gasteiger charge is -2.13. The number of benzene rings is 1. The molecule has 15 heavy (non-hydrogen) atoms. The van der Waals surface area contributed by atoms with Gasteiger partial charge in [0.15, 0.2) is 5.75 Å². The summed E-state index contributed by atoms with van der Waals surface area (Å²) in [6, 6.07) is 5.62. The summed E-state index contributed by atoms with van der Waals surface area (Å²) in [5, 5.41) is 3.71. The Balaban J connectivity index is 2.21. The largest absolute Gasteiger partial charge is 0.445 e. The zero-order chi connectivity index (χ0) is 10.7. The maximum absolute atomic E-state index is 10.5. The number of para-hydroxylation sites is 1. The first-order valence-electron chi connectivity index (χ1n) is 4.49. The molecule has 5 nitrogen and oxygen atoms in total. The van der Waals surface area contributed by atoms with Crippen molar-refractivity contribution in [2.45, 2.75) is 13.0 Å². The lowest BCUT2D eigenvalue weighted by Crippen LogP contribution is -2.13. The topological polar surface area (TPSA) is 73.9 Å². The number of hydrogen-bond acceptors (Lipinski definition) is 4. The summed E-state index contributed by atoms with van der Waals surface area (Å²) in [7, 11) is 0. The SMILES string of the molecule is NC(=O)OCc1cccc2c1ON=CC2. The molecule has 2 rings (SSSR count). The van der Waals surface area contributed by atoms with Crippen molar-refractivity contribution in [2.24, 2.45) is 10.9 Å². The Labute approximate surface area is 86.5 Å². The zero-order valence-corrected chi connectivity index (χ0v) is 7.97. The second kappa shape index (κ2) is 4.00. The zero-order valence-electron chi connectivity index (χ0n) is 7.97. The molecular weight excluding hydrogens is 196 g/mol. The van der Waals surface area contributed by atoms with Crippen LogP contribution in [-0.4, -0.2) is 12.3 Å². The summed E-state index contributed by atoms with van der Waals surface area (Å²) >= 11 is 0. The van der Waals surface area contributed by atoms with Crippen LogP contribution < -0.4 is 10.6 Å². The maximum Gasteiger partial charge on any atom is 0.404 e. The van der Waals surface area contributed by atoms with Gasteiger partial charge in [0.1, 0.15) is 6.61 Å². The molecular formula is C10H10N2O3. The highest BCUT2D eigenvalue weighted by Gasteiger charge is 2.13. The monoisotopic (exact) mass is 206 g/mol. The highest BCUT2D eigenvalue weighted by molar-refractivity contribution is 5.66. The van der Waals surface area contributed by atoms with Crippen LogP contribution in [0.1, 0.15) is 11.1 Å². The van der Waals surface area contributed by atoms with Crippen molar-refractivity contribution in [3.8, 4) is 5.75 Å². The van der Waals surface area contributed by atoms with E-state index in [4.69, 9.17) is 15.3 Å². The Morgan fingerprint density at radius 3 is 3.27 bits per heavy atom. The Morgan fingerprint density at radius 1 is 1.60 bits per heavy atom. The van der Waals surface area contributed by atoms with Crippen LogP contribution in [0.5, 0.6) is 5.75 Å². The van der Waals surface area contributed by atoms with Gasteiger partial charge in [-0.3, -0.25) is 0 Å². The van der Waals surface area contributed by atoms with Gasteiger partial charge in [0.25, 0.3) is 0 Å². The standard InChI is InChI=1S/C10H10N2O3/c11-10(13)14-6-8-3-1-2-7-4-5-12-15-9(7)8/h1-3,5H,4,6H2,(H2,11,13). The highest BCUT2D eigenvalue weighted by Crippen LogP contribution is 2.27. The van der Waals surface area contributed by atoms with Gasteiger partial charge < -0.3 is 15.3 Å². The van der Waals surface area contributed by atoms with Crippen molar-refractivity contribution in [2.75, 3.05) is 0 Å². The number of ether oxygens (including phenoxy) is 1. The fourth-order valence-electron chi connectivity index (χ4n) is 1.40. The first-order valence-corrected chi connectivity index (χ1v) is 4.49. The molecule has 0 atom stereocenters. The molecule has 1 aromatic carbocycles. The third kappa shape index (κ3) is 2.07. The van der Waals surface area contributed by atoms with Gasteiger partial charge in [-0.05, 0) is 0 Å². The molecule has 0 spiro atoms. The fourth-order valence-corrected chi connectivity index (χ4v) is 1.40. The van der Waals surface area contributed by atoms with Crippen molar-refractivity contribution in [3.63, 3.8) is 0 Å². The number of oxime groups is 1. The molecule has 78 valence electrons. The van der Waals surface area contributed by atoms with Gasteiger partial charge in [-0.1, -0.05) is 23.4 Å². The van der Waals surface area contributed by atoms with Crippen molar-refractivity contribution >= 4 is 12.3 Å². The molecule has 0 bridgehead atoms. The van der Waals surface area contributed by atoms with Crippen LogP contribution in [-0.2, 0) is 17.8 Å². The van der Waals surface area contributed by atoms with Crippen LogP contribution in [0.3, 0.4) is 0 Å². The Morgan fingerprint density at radius 2 is 2.47 bits per heavy atom. The number of hydrogen-bond donors (Lipinski definition) is 1. The molecule has 5 heteroatoms. The van der Waals surface area contributed by atoms with E-state index in [2.05, 4.69) is 5.16 Å². The number of amides is 1. The van der Waals surface area contributed by atoms with E-state index in [0.717, 1.165) is 17.5 Å². The molecule has 2 N–H and O–H groups in total. The van der Waals surface area contributed by atoms with E-state index in [9.17, 15) is 4.79 Å². The summed E-state index contributed by atoms with van der Waals surface area (Å²) in [4.78, 5) is 15.6. The maximum atomic E-state index is 10.5. The second-order valence-corrected chi connectivity index (χ2v) is 3.10. The predicted octanol–water partition coefficient (Wildman–Crippen LogP) is 1.20. The normalized spacial score (nSPS) is 12.8. The Kier molecular flexibility index (Phi) is 2.53. The van der Waals surface area contributed by atoms with Crippen LogP contribution in [0.4, 0.5) is 4.79 Å². The summed E-state index contributed by atoms with van der Waals surface area (Å²) < 4.78 is 4.70. The van der Waals surface area contributed by atoms with Crippen LogP contribution in [0.15, 0.2) is 23.4 Å². The van der Waals surface area contributed by atoms with Gasteiger partial charge >= 0.3 is 6.09 Å². The molecule has 1 aromatic rings.